The largest absolute Gasteiger partial charge is 0.382 e. The first-order chi connectivity index (χ1) is 12.9. The predicted molar refractivity (Wildman–Crippen MR) is 116 cm³/mol. The van der Waals surface area contributed by atoms with E-state index in [1.54, 1.807) is 0 Å². The normalized spacial score (nSPS) is 50.7. The van der Waals surface area contributed by atoms with Crippen LogP contribution in [0, 0.1) is 24.3 Å². The minimum Gasteiger partial charge on any atom is -0.382 e. The zero-order chi connectivity index (χ0) is 21.0. The Morgan fingerprint density at radius 1 is 1.11 bits per heavy atom. The van der Waals surface area contributed by atoms with Gasteiger partial charge in [-0.2, -0.15) is 0 Å². The molecule has 2 unspecified atom stereocenters. The number of nitrogens with zero attached hydrogens (tertiary/aromatic N) is 2. The molecule has 0 radical (unpaired) electrons. The van der Waals surface area contributed by atoms with Gasteiger partial charge in [0.25, 0.3) is 6.04 Å². The number of rotatable bonds is 2. The molecule has 1 heterocycles. The summed E-state index contributed by atoms with van der Waals surface area (Å²) >= 11 is 11.5. The van der Waals surface area contributed by atoms with Crippen molar-refractivity contribution in [1.82, 2.24) is 0 Å². The summed E-state index contributed by atoms with van der Waals surface area (Å²) in [5.41, 5.74) is -2.09. The van der Waals surface area contributed by atoms with Gasteiger partial charge in [-0.15, -0.1) is 11.6 Å². The SMILES string of the molecule is [C-]#[N+][C@@H]1C2C([C@@]3(C)CC[C@H](Cl)C(C)(C)O3)CC[C@@](C)(N=C=S)[C@H]2CC[C@@]1(C)O. The van der Waals surface area contributed by atoms with Crippen molar-refractivity contribution in [1.29, 1.82) is 0 Å². The van der Waals surface area contributed by atoms with Gasteiger partial charge >= 0.3 is 0 Å². The Labute approximate surface area is 179 Å². The summed E-state index contributed by atoms with van der Waals surface area (Å²) in [4.78, 5) is 8.55. The fraction of sp³-hybridized carbons (Fsp3) is 0.909. The molecule has 0 aromatic carbocycles. The van der Waals surface area contributed by atoms with Gasteiger partial charge in [0.2, 0.25) is 0 Å². The van der Waals surface area contributed by atoms with Crippen LogP contribution in [0.1, 0.15) is 73.1 Å². The van der Waals surface area contributed by atoms with E-state index in [4.69, 9.17) is 35.1 Å². The highest BCUT2D eigenvalue weighted by Gasteiger charge is 2.64. The number of alkyl halides is 1. The number of fused-ring (bicyclic) bond motifs is 1. The molecule has 3 fully saturated rings. The molecule has 3 rings (SSSR count). The molecule has 3 aliphatic rings. The maximum atomic E-state index is 11.1. The van der Waals surface area contributed by atoms with Crippen LogP contribution in [-0.2, 0) is 4.74 Å². The number of isothiocyanates is 1. The topological polar surface area (TPSA) is 46.2 Å². The van der Waals surface area contributed by atoms with Gasteiger partial charge in [0.1, 0.15) is 5.60 Å². The molecule has 0 spiro atoms. The second-order valence-electron chi connectivity index (χ2n) is 10.4. The van der Waals surface area contributed by atoms with Crippen molar-refractivity contribution < 1.29 is 9.84 Å². The number of hydrogen-bond donors (Lipinski definition) is 1. The first-order valence-corrected chi connectivity index (χ1v) is 11.3. The molecule has 2 aliphatic carbocycles. The highest BCUT2D eigenvalue weighted by atomic mass is 35.5. The van der Waals surface area contributed by atoms with Gasteiger partial charge in [0, 0.05) is 5.92 Å². The molecule has 4 nitrogen and oxygen atoms in total. The van der Waals surface area contributed by atoms with Crippen LogP contribution in [0.25, 0.3) is 4.85 Å². The third-order valence-electron chi connectivity index (χ3n) is 8.02. The Balaban J connectivity index is 2.05. The number of hydrogen-bond acceptors (Lipinski definition) is 4. The lowest BCUT2D eigenvalue weighted by Crippen LogP contribution is -2.64. The fourth-order valence-electron chi connectivity index (χ4n) is 6.39. The molecule has 1 N–H and O–H groups in total. The molecule has 0 aromatic rings. The van der Waals surface area contributed by atoms with E-state index in [1.807, 2.05) is 6.92 Å². The van der Waals surface area contributed by atoms with Crippen LogP contribution >= 0.6 is 23.8 Å². The van der Waals surface area contributed by atoms with Crippen molar-refractivity contribution in [3.05, 3.63) is 11.4 Å². The van der Waals surface area contributed by atoms with Gasteiger partial charge in [0.05, 0.1) is 27.3 Å². The van der Waals surface area contributed by atoms with Crippen LogP contribution in [0.4, 0.5) is 0 Å². The highest BCUT2D eigenvalue weighted by Crippen LogP contribution is 2.58. The van der Waals surface area contributed by atoms with Gasteiger partial charge < -0.3 is 14.7 Å². The molecule has 2 saturated carbocycles. The molecule has 28 heavy (non-hydrogen) atoms. The number of aliphatic hydroxyl groups is 1. The zero-order valence-electron chi connectivity index (χ0n) is 17.7. The summed E-state index contributed by atoms with van der Waals surface area (Å²) < 4.78 is 6.67. The number of thiocarbonyl (C=S) groups is 1. The molecule has 0 aromatic heterocycles. The van der Waals surface area contributed by atoms with Crippen LogP contribution in [0.3, 0.4) is 0 Å². The summed E-state index contributed by atoms with van der Waals surface area (Å²) in [6, 6.07) is -0.464. The Kier molecular flexibility index (Phi) is 5.81. The summed E-state index contributed by atoms with van der Waals surface area (Å²) in [6.45, 7) is 18.2. The summed E-state index contributed by atoms with van der Waals surface area (Å²) in [5.74, 6) is 0.387. The third kappa shape index (κ3) is 3.57. The smallest absolute Gasteiger partial charge is 0.255 e. The van der Waals surface area contributed by atoms with Crippen LogP contribution in [0.2, 0.25) is 0 Å². The van der Waals surface area contributed by atoms with E-state index in [-0.39, 0.29) is 34.3 Å². The van der Waals surface area contributed by atoms with Crippen molar-refractivity contribution in [3.63, 3.8) is 0 Å². The molecule has 0 bridgehead atoms. The van der Waals surface area contributed by atoms with Crippen molar-refractivity contribution in [2.45, 2.75) is 107 Å². The van der Waals surface area contributed by atoms with E-state index in [0.29, 0.717) is 6.42 Å². The van der Waals surface area contributed by atoms with Crippen molar-refractivity contribution >= 4 is 29.0 Å². The molecular weight excluding hydrogens is 392 g/mol. The fourth-order valence-corrected chi connectivity index (χ4v) is 6.76. The van der Waals surface area contributed by atoms with Gasteiger partial charge in [-0.1, -0.05) is 0 Å². The Morgan fingerprint density at radius 3 is 2.32 bits per heavy atom. The lowest BCUT2D eigenvalue weighted by molar-refractivity contribution is -0.218. The Hall–Kier alpha value is -0.500. The lowest BCUT2D eigenvalue weighted by Gasteiger charge is -2.58. The average molecular weight is 425 g/mol. The molecule has 6 heteroatoms. The van der Waals surface area contributed by atoms with E-state index in [0.717, 1.165) is 32.1 Å². The number of halogens is 1. The second-order valence-corrected chi connectivity index (χ2v) is 11.1. The Bertz CT molecular complexity index is 714. The van der Waals surface area contributed by atoms with E-state index < -0.39 is 17.2 Å². The van der Waals surface area contributed by atoms with Gasteiger partial charge in [-0.05, 0) is 97.2 Å². The van der Waals surface area contributed by atoms with Crippen molar-refractivity contribution in [2.24, 2.45) is 22.7 Å². The molecule has 156 valence electrons. The van der Waals surface area contributed by atoms with Gasteiger partial charge in [-0.25, -0.2) is 11.6 Å². The molecular formula is C22H33ClN2O2S. The first-order valence-electron chi connectivity index (χ1n) is 10.4. The number of aliphatic imine (C=N–C) groups is 1. The quantitative estimate of drug-likeness (QED) is 0.284. The van der Waals surface area contributed by atoms with E-state index in [9.17, 15) is 5.11 Å². The van der Waals surface area contributed by atoms with Crippen LogP contribution < -0.4 is 0 Å². The number of ether oxygens (including phenoxy) is 1. The summed E-state index contributed by atoms with van der Waals surface area (Å²) in [5, 5.41) is 13.7. The average Bonchev–Trinajstić information content (AvgIpc) is 2.57. The van der Waals surface area contributed by atoms with Crippen LogP contribution in [0.15, 0.2) is 4.99 Å². The first kappa shape index (κ1) is 22.2. The standard InChI is InChI=1S/C22H33ClN2O2S/c1-19(2)16(23)9-12-22(5,27-19)15-7-10-20(3,25-13-28)14-8-11-21(4,26)18(24-6)17(14)15/h14-18,26H,7-12H2,1-5H3/t14-,15?,16-,17?,18+,20+,21+,22+/m0/s1. The Morgan fingerprint density at radius 2 is 1.75 bits per heavy atom. The van der Waals surface area contributed by atoms with E-state index in [1.165, 1.54) is 0 Å². The maximum absolute atomic E-state index is 11.1. The summed E-state index contributed by atoms with van der Waals surface area (Å²) in [6.07, 6.45) is 5.03. The van der Waals surface area contributed by atoms with Crippen molar-refractivity contribution in [3.8, 4) is 0 Å². The molecule has 0 amide bonds. The molecule has 8 atom stereocenters. The lowest BCUT2D eigenvalue weighted by atomic mass is 9.51. The molecule has 1 aliphatic heterocycles. The monoisotopic (exact) mass is 424 g/mol. The van der Waals surface area contributed by atoms with E-state index in [2.05, 4.69) is 42.7 Å². The second kappa shape index (κ2) is 7.33. The minimum absolute atomic E-state index is 0.0137. The minimum atomic E-state index is -0.990. The summed E-state index contributed by atoms with van der Waals surface area (Å²) in [7, 11) is 0. The van der Waals surface area contributed by atoms with Crippen LogP contribution in [0.5, 0.6) is 0 Å². The predicted octanol–water partition coefficient (Wildman–Crippen LogP) is 5.28. The van der Waals surface area contributed by atoms with Crippen LogP contribution in [-0.4, -0.2) is 44.0 Å². The molecule has 1 saturated heterocycles. The third-order valence-corrected chi connectivity index (χ3v) is 8.86. The van der Waals surface area contributed by atoms with E-state index >= 15 is 0 Å². The van der Waals surface area contributed by atoms with Gasteiger partial charge in [0.15, 0.2) is 0 Å². The zero-order valence-corrected chi connectivity index (χ0v) is 19.2. The van der Waals surface area contributed by atoms with Gasteiger partial charge in [-0.3, -0.25) is 0 Å². The highest BCUT2D eigenvalue weighted by molar-refractivity contribution is 7.78. The van der Waals surface area contributed by atoms with Crippen molar-refractivity contribution in [2.75, 3.05) is 0 Å². The maximum Gasteiger partial charge on any atom is 0.255 e.